The van der Waals surface area contributed by atoms with Gasteiger partial charge in [0.2, 0.25) is 0 Å². The molecule has 0 aromatic heterocycles. The van der Waals surface area contributed by atoms with Crippen LogP contribution in [0.1, 0.15) is 0 Å². The Bertz CT molecular complexity index is 2580. The Hall–Kier alpha value is -5.77. The Morgan fingerprint density at radius 1 is 0.358 bits per heavy atom. The van der Waals surface area contributed by atoms with Crippen LogP contribution >= 0.6 is 6.04 Å². The van der Waals surface area contributed by atoms with E-state index in [9.17, 15) is 0 Å². The smallest absolute Gasteiger partial charge is 0.184 e. The van der Waals surface area contributed by atoms with Gasteiger partial charge in [-0.3, -0.25) is 0 Å². The van der Waals surface area contributed by atoms with Crippen LogP contribution in [0.25, 0.3) is 0 Å². The third-order valence-corrected chi connectivity index (χ3v) is 20.7. The number of fused-ring (bicyclic) bond motifs is 4. The van der Waals surface area contributed by atoms with Gasteiger partial charge < -0.3 is 9.80 Å². The molecule has 8 aromatic carbocycles. The molecule has 252 valence electrons. The van der Waals surface area contributed by atoms with E-state index < -0.39 is 14.1 Å². The van der Waals surface area contributed by atoms with Gasteiger partial charge in [-0.15, -0.1) is 0 Å². The van der Waals surface area contributed by atoms with E-state index in [1.54, 1.807) is 0 Å². The highest BCUT2D eigenvalue weighted by molar-refractivity contribution is 8.25. The minimum Gasteiger partial charge on any atom is -0.311 e. The van der Waals surface area contributed by atoms with E-state index in [4.69, 9.17) is 11.8 Å². The normalized spacial score (nSPS) is 16.5. The molecule has 8 aromatic rings. The van der Waals surface area contributed by atoms with Crippen LogP contribution in [-0.4, -0.2) is 8.07 Å². The molecule has 0 bridgehead atoms. The molecule has 0 aliphatic carbocycles. The van der Waals surface area contributed by atoms with E-state index in [2.05, 4.69) is 222 Å². The molecule has 2 nitrogen and oxygen atoms in total. The Balaban J connectivity index is 1.27. The zero-order valence-electron chi connectivity index (χ0n) is 29.0. The molecule has 0 radical (unpaired) electrons. The summed E-state index contributed by atoms with van der Waals surface area (Å²) in [6.45, 7) is 0. The summed E-state index contributed by atoms with van der Waals surface area (Å²) in [6, 6.07) is 75.5. The molecule has 53 heavy (non-hydrogen) atoms. The summed E-state index contributed by atoms with van der Waals surface area (Å²) < 4.78 is 0. The standard InChI is InChI=1S/C48H35N2PSSi/c52-51(38-21-7-2-8-22-38)45-30-16-13-27-41(45)49(36-19-5-1-6-20-36)44-35-37(33-34-46(44)51)50-42-28-14-17-31-47(42)53(39-23-9-3-10-24-39,40-25-11-4-12-26-40)48-32-18-15-29-43(48)50/h1-35H. The van der Waals surface area contributed by atoms with Gasteiger partial charge in [-0.05, 0) is 74.6 Å². The number of nitrogens with zero attached hydrogens (tertiary/aromatic N) is 2. The molecule has 2 aliphatic heterocycles. The van der Waals surface area contributed by atoms with E-state index in [1.807, 2.05) is 0 Å². The van der Waals surface area contributed by atoms with Crippen molar-refractivity contribution < 1.29 is 0 Å². The van der Waals surface area contributed by atoms with Crippen molar-refractivity contribution in [3.8, 4) is 0 Å². The molecule has 1 unspecified atom stereocenters. The van der Waals surface area contributed by atoms with Crippen molar-refractivity contribution in [1.29, 1.82) is 0 Å². The highest BCUT2D eigenvalue weighted by Crippen LogP contribution is 2.55. The minimum atomic E-state index is -2.72. The highest BCUT2D eigenvalue weighted by atomic mass is 32.4. The number of rotatable bonds is 5. The Morgan fingerprint density at radius 2 is 0.792 bits per heavy atom. The fraction of sp³-hybridized carbons (Fsp3) is 0. The van der Waals surface area contributed by atoms with Crippen LogP contribution in [0.5, 0.6) is 0 Å². The van der Waals surface area contributed by atoms with Crippen LogP contribution < -0.4 is 46.5 Å². The molecule has 2 aliphatic rings. The SMILES string of the molecule is S=P1(c2ccccc2)c2ccccc2N(c2ccccc2)c2cc(N3c4ccccc4[Si](c4ccccc4)(c4ccccc4)c4ccccc43)ccc21. The van der Waals surface area contributed by atoms with E-state index in [1.165, 1.54) is 48.0 Å². The van der Waals surface area contributed by atoms with Crippen molar-refractivity contribution in [2.75, 3.05) is 9.80 Å². The number of para-hydroxylation sites is 4. The Morgan fingerprint density at radius 3 is 1.38 bits per heavy atom. The van der Waals surface area contributed by atoms with E-state index in [0.29, 0.717) is 0 Å². The minimum absolute atomic E-state index is 1.11. The lowest BCUT2D eigenvalue weighted by molar-refractivity contribution is 1.26. The van der Waals surface area contributed by atoms with Crippen molar-refractivity contribution in [2.45, 2.75) is 0 Å². The van der Waals surface area contributed by atoms with Crippen LogP contribution in [0.15, 0.2) is 212 Å². The van der Waals surface area contributed by atoms with Gasteiger partial charge >= 0.3 is 0 Å². The van der Waals surface area contributed by atoms with Crippen molar-refractivity contribution >= 4 is 96.7 Å². The van der Waals surface area contributed by atoms with Crippen LogP contribution in [0.4, 0.5) is 34.1 Å². The first-order chi connectivity index (χ1) is 26.2. The third kappa shape index (κ3) is 4.73. The van der Waals surface area contributed by atoms with Crippen LogP contribution in [0, 0.1) is 0 Å². The molecule has 1 atom stereocenters. The van der Waals surface area contributed by atoms with Gasteiger partial charge in [0.25, 0.3) is 0 Å². The quantitative estimate of drug-likeness (QED) is 0.130. The summed E-state index contributed by atoms with van der Waals surface area (Å²) in [5.74, 6) is 0. The summed E-state index contributed by atoms with van der Waals surface area (Å²) in [6.07, 6.45) is 0. The molecule has 0 amide bonds. The third-order valence-electron chi connectivity index (χ3n) is 10.9. The van der Waals surface area contributed by atoms with Gasteiger partial charge in [0.05, 0.1) is 11.4 Å². The van der Waals surface area contributed by atoms with Gasteiger partial charge in [-0.25, -0.2) is 0 Å². The maximum Gasteiger partial charge on any atom is 0.184 e. The van der Waals surface area contributed by atoms with Gasteiger partial charge in [0.15, 0.2) is 8.07 Å². The largest absolute Gasteiger partial charge is 0.311 e. The summed E-state index contributed by atoms with van der Waals surface area (Å²) in [5.41, 5.74) is 6.95. The Kier molecular flexibility index (Phi) is 7.66. The monoisotopic (exact) mass is 730 g/mol. The predicted molar refractivity (Wildman–Crippen MR) is 233 cm³/mol. The van der Waals surface area contributed by atoms with Gasteiger partial charge in [0, 0.05) is 39.4 Å². The van der Waals surface area contributed by atoms with Gasteiger partial charge in [-0.1, -0.05) is 176 Å². The van der Waals surface area contributed by atoms with Crippen LogP contribution in [-0.2, 0) is 11.8 Å². The second-order valence-electron chi connectivity index (χ2n) is 13.6. The maximum atomic E-state index is 6.97. The first-order valence-electron chi connectivity index (χ1n) is 18.1. The summed E-state index contributed by atoms with van der Waals surface area (Å²) >= 11 is 6.97. The average molecular weight is 731 g/mol. The second kappa shape index (κ2) is 12.7. The molecule has 0 N–H and O–H groups in total. The number of benzene rings is 8. The first-order valence-corrected chi connectivity index (χ1v) is 22.9. The summed E-state index contributed by atoms with van der Waals surface area (Å²) in [5, 5.41) is 9.17. The fourth-order valence-corrected chi connectivity index (χ4v) is 18.1. The van der Waals surface area contributed by atoms with Crippen molar-refractivity contribution in [1.82, 2.24) is 0 Å². The molecule has 0 spiro atoms. The molecule has 10 rings (SSSR count). The van der Waals surface area contributed by atoms with Crippen molar-refractivity contribution in [3.05, 3.63) is 212 Å². The topological polar surface area (TPSA) is 6.48 Å². The first kappa shape index (κ1) is 31.9. The van der Waals surface area contributed by atoms with E-state index >= 15 is 0 Å². The number of hydrogen-bond acceptors (Lipinski definition) is 3. The van der Waals surface area contributed by atoms with E-state index in [0.717, 1.165) is 22.7 Å². The molecule has 0 fully saturated rings. The molecule has 0 saturated carbocycles. The summed E-state index contributed by atoms with van der Waals surface area (Å²) in [7, 11) is -2.72. The van der Waals surface area contributed by atoms with Crippen molar-refractivity contribution in [3.63, 3.8) is 0 Å². The lowest BCUT2D eigenvalue weighted by Crippen LogP contribution is -2.77. The highest BCUT2D eigenvalue weighted by Gasteiger charge is 2.49. The lowest BCUT2D eigenvalue weighted by atomic mass is 10.1. The second-order valence-corrected chi connectivity index (χ2v) is 21.7. The fourth-order valence-electron chi connectivity index (χ4n) is 8.74. The Labute approximate surface area is 317 Å². The average Bonchev–Trinajstić information content (AvgIpc) is 3.24. The van der Waals surface area contributed by atoms with Gasteiger partial charge in [0.1, 0.15) is 0 Å². The molecule has 0 saturated heterocycles. The summed E-state index contributed by atoms with van der Waals surface area (Å²) in [4.78, 5) is 4.92. The molecule has 5 heteroatoms. The molecular weight excluding hydrogens is 696 g/mol. The lowest BCUT2D eigenvalue weighted by Gasteiger charge is -2.45. The zero-order valence-corrected chi connectivity index (χ0v) is 31.7. The van der Waals surface area contributed by atoms with Crippen molar-refractivity contribution in [2.24, 2.45) is 0 Å². The predicted octanol–water partition coefficient (Wildman–Crippen LogP) is 8.39. The van der Waals surface area contributed by atoms with Crippen LogP contribution in [0.2, 0.25) is 0 Å². The van der Waals surface area contributed by atoms with Crippen LogP contribution in [0.3, 0.4) is 0 Å². The zero-order chi connectivity index (χ0) is 35.4. The van der Waals surface area contributed by atoms with Gasteiger partial charge in [-0.2, -0.15) is 0 Å². The van der Waals surface area contributed by atoms with E-state index in [-0.39, 0.29) is 0 Å². The number of hydrogen-bond donors (Lipinski definition) is 0. The molecule has 2 heterocycles. The maximum absolute atomic E-state index is 6.97. The molecular formula is C48H35N2PSSi. The number of anilines is 6.